The number of aliphatic carboxylic acids is 2. The van der Waals surface area contributed by atoms with Crippen molar-refractivity contribution < 1.29 is 24.7 Å². The molecule has 0 aliphatic carbocycles. The molecule has 9 heteroatoms. The highest BCUT2D eigenvalue weighted by Crippen LogP contribution is 2.13. The van der Waals surface area contributed by atoms with Crippen LogP contribution in [0.4, 0.5) is 11.5 Å². The Kier molecular flexibility index (Phi) is 4.13. The van der Waals surface area contributed by atoms with Crippen molar-refractivity contribution in [2.45, 2.75) is 12.5 Å². The van der Waals surface area contributed by atoms with Crippen molar-refractivity contribution in [3.8, 4) is 0 Å². The molecule has 9 nitrogen and oxygen atoms in total. The second-order valence-corrected chi connectivity index (χ2v) is 3.29. The summed E-state index contributed by atoms with van der Waals surface area (Å²) in [4.78, 5) is 34.5. The summed E-state index contributed by atoms with van der Waals surface area (Å²) in [6.45, 7) is 0. The molecule has 1 heterocycles. The summed E-state index contributed by atoms with van der Waals surface area (Å²) >= 11 is 0. The van der Waals surface area contributed by atoms with Gasteiger partial charge < -0.3 is 15.5 Å². The lowest BCUT2D eigenvalue weighted by Gasteiger charge is -2.12. The number of hydrogen-bond donors (Lipinski definition) is 3. The molecule has 0 fully saturated rings. The number of hydrogen-bond acceptors (Lipinski definition) is 6. The maximum Gasteiger partial charge on any atom is 0.326 e. The minimum absolute atomic E-state index is 0.0502. The third-order valence-corrected chi connectivity index (χ3v) is 1.96. The van der Waals surface area contributed by atoms with Gasteiger partial charge in [-0.2, -0.15) is 0 Å². The second kappa shape index (κ2) is 5.57. The fourth-order valence-electron chi connectivity index (χ4n) is 1.13. The van der Waals surface area contributed by atoms with Gasteiger partial charge in [0.25, 0.3) is 5.69 Å². The number of carboxylic acids is 2. The molecular weight excluding hydrogens is 246 g/mol. The molecule has 18 heavy (non-hydrogen) atoms. The van der Waals surface area contributed by atoms with Gasteiger partial charge in [-0.25, -0.2) is 9.78 Å². The lowest BCUT2D eigenvalue weighted by molar-refractivity contribution is -0.385. The summed E-state index contributed by atoms with van der Waals surface area (Å²) in [5.41, 5.74) is -0.245. The van der Waals surface area contributed by atoms with Crippen molar-refractivity contribution in [1.82, 2.24) is 4.98 Å². The Morgan fingerprint density at radius 3 is 2.50 bits per heavy atom. The quantitative estimate of drug-likeness (QED) is 0.487. The maximum absolute atomic E-state index is 10.8. The number of pyridine rings is 1. The fraction of sp³-hybridized carbons (Fsp3) is 0.222. The van der Waals surface area contributed by atoms with Crippen LogP contribution in [0.3, 0.4) is 0 Å². The van der Waals surface area contributed by atoms with Gasteiger partial charge in [0.2, 0.25) is 0 Å². The fourth-order valence-corrected chi connectivity index (χ4v) is 1.13. The van der Waals surface area contributed by atoms with Gasteiger partial charge in [-0.1, -0.05) is 0 Å². The van der Waals surface area contributed by atoms with Crippen molar-refractivity contribution in [2.24, 2.45) is 0 Å². The minimum Gasteiger partial charge on any atom is -0.481 e. The Bertz CT molecular complexity index is 472. The number of nitrogens with zero attached hydrogens (tertiary/aromatic N) is 2. The molecule has 1 aromatic heterocycles. The first kappa shape index (κ1) is 13.4. The maximum atomic E-state index is 10.8. The monoisotopic (exact) mass is 255 g/mol. The van der Waals surface area contributed by atoms with Crippen LogP contribution >= 0.6 is 0 Å². The molecule has 1 rings (SSSR count). The average Bonchev–Trinajstić information content (AvgIpc) is 2.28. The Morgan fingerprint density at radius 2 is 2.11 bits per heavy atom. The Hall–Kier alpha value is -2.71. The van der Waals surface area contributed by atoms with Crippen LogP contribution in [0.5, 0.6) is 0 Å². The molecule has 1 aromatic rings. The molecule has 96 valence electrons. The van der Waals surface area contributed by atoms with Crippen molar-refractivity contribution >= 4 is 23.4 Å². The van der Waals surface area contributed by atoms with Gasteiger partial charge in [0.05, 0.1) is 11.3 Å². The highest BCUT2D eigenvalue weighted by molar-refractivity contribution is 5.83. The van der Waals surface area contributed by atoms with Gasteiger partial charge in [0.15, 0.2) is 0 Å². The van der Waals surface area contributed by atoms with Crippen LogP contribution < -0.4 is 5.32 Å². The Balaban J connectivity index is 2.78. The Morgan fingerprint density at radius 1 is 1.44 bits per heavy atom. The van der Waals surface area contributed by atoms with Crippen molar-refractivity contribution in [1.29, 1.82) is 0 Å². The van der Waals surface area contributed by atoms with E-state index in [1.165, 1.54) is 6.07 Å². The van der Waals surface area contributed by atoms with E-state index in [1.54, 1.807) is 0 Å². The van der Waals surface area contributed by atoms with E-state index in [0.717, 1.165) is 12.3 Å². The van der Waals surface area contributed by atoms with Crippen LogP contribution in [-0.2, 0) is 9.59 Å². The molecular formula is C9H9N3O6. The lowest BCUT2D eigenvalue weighted by atomic mass is 10.2. The highest BCUT2D eigenvalue weighted by atomic mass is 16.6. The van der Waals surface area contributed by atoms with Gasteiger partial charge in [-0.3, -0.25) is 14.9 Å². The number of nitrogens with one attached hydrogen (secondary N) is 1. The van der Waals surface area contributed by atoms with E-state index in [4.69, 9.17) is 10.2 Å². The van der Waals surface area contributed by atoms with Gasteiger partial charge in [-0.05, 0) is 6.07 Å². The van der Waals surface area contributed by atoms with E-state index < -0.39 is 29.3 Å². The summed E-state index contributed by atoms with van der Waals surface area (Å²) in [6, 6.07) is 0.988. The molecule has 0 bridgehead atoms. The van der Waals surface area contributed by atoms with E-state index >= 15 is 0 Å². The van der Waals surface area contributed by atoms with Crippen LogP contribution in [0.15, 0.2) is 18.3 Å². The second-order valence-electron chi connectivity index (χ2n) is 3.29. The van der Waals surface area contributed by atoms with E-state index in [1.807, 2.05) is 0 Å². The van der Waals surface area contributed by atoms with E-state index in [-0.39, 0.29) is 11.5 Å². The summed E-state index contributed by atoms with van der Waals surface area (Å²) in [7, 11) is 0. The SMILES string of the molecule is O=C(O)CC(Nc1ccc([N+](=O)[O-])cn1)C(=O)O. The molecule has 0 amide bonds. The average molecular weight is 255 g/mol. The number of aromatic nitrogens is 1. The third kappa shape index (κ3) is 3.70. The summed E-state index contributed by atoms with van der Waals surface area (Å²) in [5.74, 6) is -2.58. The van der Waals surface area contributed by atoms with Crippen molar-refractivity contribution in [3.63, 3.8) is 0 Å². The van der Waals surface area contributed by atoms with Crippen LogP contribution in [-0.4, -0.2) is 38.1 Å². The highest BCUT2D eigenvalue weighted by Gasteiger charge is 2.21. The van der Waals surface area contributed by atoms with Crippen LogP contribution in [0.1, 0.15) is 6.42 Å². The summed E-state index contributed by atoms with van der Waals surface area (Å²) in [5, 5.41) is 30.0. The zero-order valence-electron chi connectivity index (χ0n) is 8.94. The van der Waals surface area contributed by atoms with E-state index in [0.29, 0.717) is 0 Å². The minimum atomic E-state index is -1.35. The van der Waals surface area contributed by atoms with Crippen LogP contribution in [0, 0.1) is 10.1 Å². The molecule has 0 radical (unpaired) electrons. The van der Waals surface area contributed by atoms with Gasteiger partial charge in [0.1, 0.15) is 18.1 Å². The summed E-state index contributed by atoms with van der Waals surface area (Å²) in [6.07, 6.45) is 0.315. The molecule has 1 atom stereocenters. The van der Waals surface area contributed by atoms with Crippen LogP contribution in [0.25, 0.3) is 0 Å². The first-order chi connectivity index (χ1) is 8.40. The Labute approximate surface area is 100 Å². The van der Waals surface area contributed by atoms with Crippen molar-refractivity contribution in [2.75, 3.05) is 5.32 Å². The largest absolute Gasteiger partial charge is 0.481 e. The molecule has 0 aliphatic rings. The topological polar surface area (TPSA) is 143 Å². The van der Waals surface area contributed by atoms with E-state index in [2.05, 4.69) is 10.3 Å². The normalized spacial score (nSPS) is 11.6. The lowest BCUT2D eigenvalue weighted by Crippen LogP contribution is -2.32. The van der Waals surface area contributed by atoms with Gasteiger partial charge >= 0.3 is 11.9 Å². The van der Waals surface area contributed by atoms with Gasteiger partial charge in [-0.15, -0.1) is 0 Å². The molecule has 1 unspecified atom stereocenters. The predicted octanol–water partition coefficient (Wildman–Crippen LogP) is 0.330. The zero-order chi connectivity index (χ0) is 13.7. The molecule has 0 saturated heterocycles. The third-order valence-electron chi connectivity index (χ3n) is 1.96. The smallest absolute Gasteiger partial charge is 0.326 e. The number of carboxylic acid groups (broad SMARTS) is 2. The van der Waals surface area contributed by atoms with E-state index in [9.17, 15) is 19.7 Å². The zero-order valence-corrected chi connectivity index (χ0v) is 8.94. The molecule has 3 N–H and O–H groups in total. The predicted molar refractivity (Wildman–Crippen MR) is 58.2 cm³/mol. The van der Waals surface area contributed by atoms with Crippen molar-refractivity contribution in [3.05, 3.63) is 28.4 Å². The number of nitro groups is 1. The molecule has 0 aliphatic heterocycles. The number of anilines is 1. The van der Waals surface area contributed by atoms with Gasteiger partial charge in [0, 0.05) is 6.07 Å². The van der Waals surface area contributed by atoms with Crippen LogP contribution in [0.2, 0.25) is 0 Å². The number of carbonyl (C=O) groups is 2. The first-order valence-corrected chi connectivity index (χ1v) is 4.71. The standard InChI is InChI=1S/C9H9N3O6/c13-8(14)3-6(9(15)16)11-7-2-1-5(4-10-7)12(17)18/h1-2,4,6H,3H2,(H,10,11)(H,13,14)(H,15,16). The summed E-state index contributed by atoms with van der Waals surface area (Å²) < 4.78 is 0. The number of rotatable bonds is 6. The molecule has 0 saturated carbocycles. The molecule has 0 spiro atoms. The molecule has 0 aromatic carbocycles. The first-order valence-electron chi connectivity index (χ1n) is 4.71.